The number of hydrogen-bond acceptors (Lipinski definition) is 4. The predicted octanol–water partition coefficient (Wildman–Crippen LogP) is 1.38. The minimum atomic E-state index is -0.831. The lowest BCUT2D eigenvalue weighted by molar-refractivity contribution is -0.387. The summed E-state index contributed by atoms with van der Waals surface area (Å²) in [6, 6.07) is 3.99. The van der Waals surface area contributed by atoms with Crippen LogP contribution in [-0.2, 0) is 11.4 Å². The number of nitrogens with zero attached hydrogens (tertiary/aromatic N) is 1. The monoisotopic (exact) mass is 200 g/mol. The Bertz CT molecular complexity index is 343. The number of halogens is 1. The molecular formula is C8H9FN2O3. The second-order valence-electron chi connectivity index (χ2n) is 2.53. The maximum atomic E-state index is 13.3. The molecule has 1 N–H and O–H groups in total. The van der Waals surface area contributed by atoms with Crippen molar-refractivity contribution in [1.29, 1.82) is 0 Å². The molecule has 5 nitrogen and oxygen atoms in total. The van der Waals surface area contributed by atoms with Gasteiger partial charge >= 0.3 is 5.69 Å². The van der Waals surface area contributed by atoms with E-state index in [1.807, 2.05) is 0 Å². The van der Waals surface area contributed by atoms with Gasteiger partial charge in [0.15, 0.2) is 0 Å². The number of nitro benzene ring substituents is 1. The molecule has 0 spiro atoms. The third-order valence-electron chi connectivity index (χ3n) is 1.66. The molecule has 6 heteroatoms. The molecule has 0 unspecified atom stereocenters. The van der Waals surface area contributed by atoms with E-state index >= 15 is 0 Å². The van der Waals surface area contributed by atoms with Crippen LogP contribution >= 0.6 is 0 Å². The van der Waals surface area contributed by atoms with Crippen molar-refractivity contribution in [3.05, 3.63) is 39.7 Å². The maximum absolute atomic E-state index is 13.3. The van der Waals surface area contributed by atoms with Gasteiger partial charge in [0, 0.05) is 18.2 Å². The number of nitrogens with one attached hydrogen (secondary N) is 1. The van der Waals surface area contributed by atoms with Crippen molar-refractivity contribution in [2.45, 2.75) is 6.54 Å². The third kappa shape index (κ3) is 2.24. The molecule has 0 aromatic heterocycles. The SMILES string of the molecule is CONCc1cccc([N+](=O)[O-])c1F. The molecule has 0 atom stereocenters. The van der Waals surface area contributed by atoms with Crippen LogP contribution in [0.25, 0.3) is 0 Å². The van der Waals surface area contributed by atoms with E-state index in [0.717, 1.165) is 6.07 Å². The largest absolute Gasteiger partial charge is 0.305 e. The Kier molecular flexibility index (Phi) is 3.49. The van der Waals surface area contributed by atoms with E-state index in [1.165, 1.54) is 19.2 Å². The second kappa shape index (κ2) is 4.64. The van der Waals surface area contributed by atoms with E-state index < -0.39 is 16.4 Å². The zero-order chi connectivity index (χ0) is 10.6. The van der Waals surface area contributed by atoms with E-state index in [2.05, 4.69) is 10.3 Å². The number of hydroxylamine groups is 1. The van der Waals surface area contributed by atoms with Crippen molar-refractivity contribution in [2.75, 3.05) is 7.11 Å². The summed E-state index contributed by atoms with van der Waals surface area (Å²) in [4.78, 5) is 14.1. The molecule has 76 valence electrons. The van der Waals surface area contributed by atoms with Crippen molar-refractivity contribution >= 4 is 5.69 Å². The molecule has 1 aromatic rings. The highest BCUT2D eigenvalue weighted by Gasteiger charge is 2.16. The van der Waals surface area contributed by atoms with Gasteiger partial charge in [-0.2, -0.15) is 9.87 Å². The number of nitro groups is 1. The first kappa shape index (κ1) is 10.6. The van der Waals surface area contributed by atoms with Crippen molar-refractivity contribution in [3.63, 3.8) is 0 Å². The van der Waals surface area contributed by atoms with Gasteiger partial charge in [0.2, 0.25) is 5.82 Å². The van der Waals surface area contributed by atoms with Gasteiger partial charge in [-0.05, 0) is 0 Å². The maximum Gasteiger partial charge on any atom is 0.305 e. The van der Waals surface area contributed by atoms with Gasteiger partial charge in [-0.15, -0.1) is 0 Å². The fraction of sp³-hybridized carbons (Fsp3) is 0.250. The Morgan fingerprint density at radius 2 is 2.36 bits per heavy atom. The van der Waals surface area contributed by atoms with Crippen LogP contribution in [0.1, 0.15) is 5.56 Å². The lowest BCUT2D eigenvalue weighted by atomic mass is 10.2. The van der Waals surface area contributed by atoms with Crippen molar-refractivity contribution in [3.8, 4) is 0 Å². The van der Waals surface area contributed by atoms with E-state index in [9.17, 15) is 14.5 Å². The third-order valence-corrected chi connectivity index (χ3v) is 1.66. The quantitative estimate of drug-likeness (QED) is 0.589. The minimum Gasteiger partial charge on any atom is -0.305 e. The number of rotatable bonds is 4. The molecule has 14 heavy (non-hydrogen) atoms. The molecule has 0 bridgehead atoms. The Morgan fingerprint density at radius 3 is 2.93 bits per heavy atom. The predicted molar refractivity (Wildman–Crippen MR) is 46.9 cm³/mol. The van der Waals surface area contributed by atoms with Crippen LogP contribution in [0.4, 0.5) is 10.1 Å². The smallest absolute Gasteiger partial charge is 0.305 e. The first-order valence-electron chi connectivity index (χ1n) is 3.84. The molecule has 0 radical (unpaired) electrons. The van der Waals surface area contributed by atoms with Gasteiger partial charge in [-0.1, -0.05) is 12.1 Å². The first-order valence-corrected chi connectivity index (χ1v) is 3.84. The van der Waals surface area contributed by atoms with Gasteiger partial charge in [0.25, 0.3) is 0 Å². The minimum absolute atomic E-state index is 0.0873. The molecule has 1 aromatic carbocycles. The molecule has 0 aliphatic carbocycles. The first-order chi connectivity index (χ1) is 6.66. The van der Waals surface area contributed by atoms with E-state index in [0.29, 0.717) is 0 Å². The molecular weight excluding hydrogens is 191 g/mol. The highest BCUT2D eigenvalue weighted by molar-refractivity contribution is 5.36. The van der Waals surface area contributed by atoms with Crippen LogP contribution in [0.3, 0.4) is 0 Å². The molecule has 0 fully saturated rings. The summed E-state index contributed by atoms with van der Waals surface area (Å²) >= 11 is 0. The average molecular weight is 200 g/mol. The molecule has 0 heterocycles. The van der Waals surface area contributed by atoms with Gasteiger partial charge in [-0.25, -0.2) is 0 Å². The fourth-order valence-corrected chi connectivity index (χ4v) is 0.994. The molecule has 0 aliphatic rings. The Hall–Kier alpha value is -1.53. The average Bonchev–Trinajstić information content (AvgIpc) is 2.16. The lowest BCUT2D eigenvalue weighted by Crippen LogP contribution is -2.12. The van der Waals surface area contributed by atoms with Crippen molar-refractivity contribution in [1.82, 2.24) is 5.48 Å². The van der Waals surface area contributed by atoms with Crippen LogP contribution in [0.5, 0.6) is 0 Å². The summed E-state index contributed by atoms with van der Waals surface area (Å²) in [6.45, 7) is 0.0873. The van der Waals surface area contributed by atoms with Gasteiger partial charge in [0.05, 0.1) is 12.0 Å². The molecule has 1 rings (SSSR count). The zero-order valence-corrected chi connectivity index (χ0v) is 7.49. The topological polar surface area (TPSA) is 64.4 Å². The highest BCUT2D eigenvalue weighted by atomic mass is 19.1. The second-order valence-corrected chi connectivity index (χ2v) is 2.53. The van der Waals surface area contributed by atoms with Crippen LogP contribution in [0.2, 0.25) is 0 Å². The lowest BCUT2D eigenvalue weighted by Gasteiger charge is -2.03. The summed E-state index contributed by atoms with van der Waals surface area (Å²) in [5.74, 6) is -0.831. The van der Waals surface area contributed by atoms with Crippen molar-refractivity contribution < 1.29 is 14.2 Å². The van der Waals surface area contributed by atoms with E-state index in [-0.39, 0.29) is 12.1 Å². The highest BCUT2D eigenvalue weighted by Crippen LogP contribution is 2.19. The zero-order valence-electron chi connectivity index (χ0n) is 7.49. The Labute approximate surface area is 79.6 Å². The van der Waals surface area contributed by atoms with E-state index in [1.54, 1.807) is 0 Å². The van der Waals surface area contributed by atoms with Crippen LogP contribution in [0.15, 0.2) is 18.2 Å². The van der Waals surface area contributed by atoms with Gasteiger partial charge < -0.3 is 4.84 Å². The molecule has 0 amide bonds. The van der Waals surface area contributed by atoms with Crippen LogP contribution < -0.4 is 5.48 Å². The Balaban J connectivity index is 2.95. The molecule has 0 aliphatic heterocycles. The molecule has 0 saturated heterocycles. The molecule has 0 saturated carbocycles. The summed E-state index contributed by atoms with van der Waals surface area (Å²) in [5.41, 5.74) is 2.08. The van der Waals surface area contributed by atoms with E-state index in [4.69, 9.17) is 0 Å². The van der Waals surface area contributed by atoms with Crippen molar-refractivity contribution in [2.24, 2.45) is 0 Å². The summed E-state index contributed by atoms with van der Waals surface area (Å²) in [7, 11) is 1.38. The standard InChI is InChI=1S/C8H9FN2O3/c1-14-10-5-6-3-2-4-7(8(6)9)11(12)13/h2-4,10H,5H2,1H3. The fourth-order valence-electron chi connectivity index (χ4n) is 0.994. The van der Waals surface area contributed by atoms with Gasteiger partial charge in [-0.3, -0.25) is 10.1 Å². The summed E-state index contributed by atoms with van der Waals surface area (Å²) < 4.78 is 13.3. The summed E-state index contributed by atoms with van der Waals surface area (Å²) in [5, 5.41) is 10.4. The Morgan fingerprint density at radius 1 is 1.64 bits per heavy atom. The number of benzene rings is 1. The normalized spacial score (nSPS) is 10.1. The van der Waals surface area contributed by atoms with Gasteiger partial charge in [0.1, 0.15) is 0 Å². The van der Waals surface area contributed by atoms with Crippen LogP contribution in [-0.4, -0.2) is 12.0 Å². The van der Waals surface area contributed by atoms with Crippen LogP contribution in [0, 0.1) is 15.9 Å². The summed E-state index contributed by atoms with van der Waals surface area (Å²) in [6.07, 6.45) is 0. The number of hydrogen-bond donors (Lipinski definition) is 1.